The van der Waals surface area contributed by atoms with Crippen LogP contribution in [-0.2, 0) is 6.54 Å². The van der Waals surface area contributed by atoms with Gasteiger partial charge in [-0.3, -0.25) is 0 Å². The number of halogens is 1. The number of benzene rings is 1. The molecule has 4 heteroatoms. The van der Waals surface area contributed by atoms with Crippen LogP contribution >= 0.6 is 11.6 Å². The van der Waals surface area contributed by atoms with Crippen molar-refractivity contribution in [1.29, 1.82) is 0 Å². The Morgan fingerprint density at radius 3 is 2.80 bits per heavy atom. The zero-order valence-corrected chi connectivity index (χ0v) is 12.5. The van der Waals surface area contributed by atoms with Crippen molar-refractivity contribution >= 4 is 17.5 Å². The number of aryl methyl sites for hydroxylation is 1. The molecule has 1 aliphatic rings. The van der Waals surface area contributed by atoms with E-state index in [0.29, 0.717) is 12.6 Å². The molecule has 20 heavy (non-hydrogen) atoms. The molecule has 2 aromatic rings. The first-order valence-corrected chi connectivity index (χ1v) is 7.64. The second-order valence-corrected chi connectivity index (χ2v) is 5.90. The van der Waals surface area contributed by atoms with Crippen molar-refractivity contribution in [2.24, 2.45) is 0 Å². The molecule has 0 radical (unpaired) electrons. The predicted octanol–water partition coefficient (Wildman–Crippen LogP) is 4.57. The highest BCUT2D eigenvalue weighted by atomic mass is 35.5. The quantitative estimate of drug-likeness (QED) is 0.893. The standard InChI is InChI=1S/C16H20ClN3/c1-12-11-20(14-7-3-4-8-14)16(19-12)18-10-13-6-2-5-9-15(13)17/h2,5-6,9,11,14H,3-4,7-8,10H2,1H3,(H,18,19). The first-order valence-electron chi connectivity index (χ1n) is 7.27. The zero-order chi connectivity index (χ0) is 13.9. The molecule has 3 nitrogen and oxygen atoms in total. The first kappa shape index (κ1) is 13.5. The lowest BCUT2D eigenvalue weighted by molar-refractivity contribution is 0.522. The zero-order valence-electron chi connectivity index (χ0n) is 11.8. The molecule has 0 bridgehead atoms. The Hall–Kier alpha value is -1.48. The van der Waals surface area contributed by atoms with Crippen LogP contribution in [-0.4, -0.2) is 9.55 Å². The Labute approximate surface area is 125 Å². The van der Waals surface area contributed by atoms with Crippen LogP contribution in [0.3, 0.4) is 0 Å². The molecule has 1 fully saturated rings. The summed E-state index contributed by atoms with van der Waals surface area (Å²) >= 11 is 6.20. The van der Waals surface area contributed by atoms with E-state index < -0.39 is 0 Å². The van der Waals surface area contributed by atoms with Crippen molar-refractivity contribution in [3.05, 3.63) is 46.7 Å². The third-order valence-electron chi connectivity index (χ3n) is 3.97. The predicted molar refractivity (Wildman–Crippen MR) is 83.2 cm³/mol. The maximum atomic E-state index is 6.20. The normalized spacial score (nSPS) is 15.7. The summed E-state index contributed by atoms with van der Waals surface area (Å²) in [6.45, 7) is 2.76. The third kappa shape index (κ3) is 2.83. The van der Waals surface area contributed by atoms with Gasteiger partial charge in [-0.2, -0.15) is 0 Å². The summed E-state index contributed by atoms with van der Waals surface area (Å²) in [5.41, 5.74) is 2.17. The fourth-order valence-electron chi connectivity index (χ4n) is 2.92. The number of nitrogens with one attached hydrogen (secondary N) is 1. The number of rotatable bonds is 4. The molecule has 0 unspecified atom stereocenters. The molecular weight excluding hydrogens is 270 g/mol. The van der Waals surface area contributed by atoms with Gasteiger partial charge in [-0.05, 0) is 31.4 Å². The SMILES string of the molecule is Cc1cn(C2CCCC2)c(NCc2ccccc2Cl)n1. The molecule has 1 aromatic heterocycles. The molecule has 0 atom stereocenters. The number of aromatic nitrogens is 2. The minimum atomic E-state index is 0.602. The molecule has 1 heterocycles. The summed E-state index contributed by atoms with van der Waals surface area (Å²) in [4.78, 5) is 4.61. The van der Waals surface area contributed by atoms with Crippen LogP contribution in [0.5, 0.6) is 0 Å². The lowest BCUT2D eigenvalue weighted by atomic mass is 10.2. The fraction of sp³-hybridized carbons (Fsp3) is 0.438. The summed E-state index contributed by atoms with van der Waals surface area (Å²) in [6.07, 6.45) is 7.33. The maximum absolute atomic E-state index is 6.20. The highest BCUT2D eigenvalue weighted by molar-refractivity contribution is 6.31. The van der Waals surface area contributed by atoms with Gasteiger partial charge in [0.05, 0.1) is 5.69 Å². The Kier molecular flexibility index (Phi) is 3.97. The molecule has 1 aliphatic carbocycles. The Morgan fingerprint density at radius 1 is 1.30 bits per heavy atom. The van der Waals surface area contributed by atoms with Crippen LogP contribution < -0.4 is 5.32 Å². The second-order valence-electron chi connectivity index (χ2n) is 5.50. The van der Waals surface area contributed by atoms with Gasteiger partial charge in [0.2, 0.25) is 5.95 Å². The van der Waals surface area contributed by atoms with Gasteiger partial charge in [0.1, 0.15) is 0 Å². The van der Waals surface area contributed by atoms with Crippen LogP contribution in [0.1, 0.15) is 43.0 Å². The van der Waals surface area contributed by atoms with Crippen molar-refractivity contribution in [2.75, 3.05) is 5.32 Å². The minimum absolute atomic E-state index is 0.602. The molecule has 1 aromatic carbocycles. The first-order chi connectivity index (χ1) is 9.74. The number of hydrogen-bond acceptors (Lipinski definition) is 2. The Balaban J connectivity index is 1.75. The van der Waals surface area contributed by atoms with Gasteiger partial charge in [-0.15, -0.1) is 0 Å². The molecular formula is C16H20ClN3. The van der Waals surface area contributed by atoms with Gasteiger partial charge >= 0.3 is 0 Å². The van der Waals surface area contributed by atoms with Crippen LogP contribution in [0.15, 0.2) is 30.5 Å². The third-order valence-corrected chi connectivity index (χ3v) is 4.33. The number of imidazole rings is 1. The lowest BCUT2D eigenvalue weighted by Gasteiger charge is -2.16. The van der Waals surface area contributed by atoms with Crippen molar-refractivity contribution in [3.8, 4) is 0 Å². The smallest absolute Gasteiger partial charge is 0.203 e. The number of hydrogen-bond donors (Lipinski definition) is 1. The van der Waals surface area contributed by atoms with Crippen molar-refractivity contribution in [3.63, 3.8) is 0 Å². The monoisotopic (exact) mass is 289 g/mol. The molecule has 0 amide bonds. The van der Waals surface area contributed by atoms with E-state index in [2.05, 4.69) is 21.1 Å². The van der Waals surface area contributed by atoms with Gasteiger partial charge in [0, 0.05) is 23.8 Å². The Morgan fingerprint density at radius 2 is 2.05 bits per heavy atom. The van der Waals surface area contributed by atoms with Crippen LogP contribution in [0.4, 0.5) is 5.95 Å². The van der Waals surface area contributed by atoms with E-state index in [0.717, 1.165) is 22.2 Å². The van der Waals surface area contributed by atoms with Crippen molar-refractivity contribution in [2.45, 2.75) is 45.2 Å². The van der Waals surface area contributed by atoms with Crippen molar-refractivity contribution in [1.82, 2.24) is 9.55 Å². The van der Waals surface area contributed by atoms with E-state index in [1.54, 1.807) is 0 Å². The summed E-state index contributed by atoms with van der Waals surface area (Å²) in [6, 6.07) is 8.54. The maximum Gasteiger partial charge on any atom is 0.203 e. The molecule has 0 aliphatic heterocycles. The molecule has 3 rings (SSSR count). The molecule has 0 saturated heterocycles. The van der Waals surface area contributed by atoms with Crippen LogP contribution in [0.2, 0.25) is 5.02 Å². The average Bonchev–Trinajstić information content (AvgIpc) is 3.07. The van der Waals surface area contributed by atoms with Gasteiger partial charge in [-0.25, -0.2) is 4.98 Å². The molecule has 1 N–H and O–H groups in total. The van der Waals surface area contributed by atoms with E-state index in [1.165, 1.54) is 25.7 Å². The molecule has 0 spiro atoms. The van der Waals surface area contributed by atoms with Crippen molar-refractivity contribution < 1.29 is 0 Å². The van der Waals surface area contributed by atoms with Crippen LogP contribution in [0.25, 0.3) is 0 Å². The van der Waals surface area contributed by atoms with E-state index in [9.17, 15) is 0 Å². The number of nitrogens with zero attached hydrogens (tertiary/aromatic N) is 2. The van der Waals surface area contributed by atoms with E-state index in [-0.39, 0.29) is 0 Å². The highest BCUT2D eigenvalue weighted by Crippen LogP contribution is 2.32. The second kappa shape index (κ2) is 5.88. The molecule has 1 saturated carbocycles. The lowest BCUT2D eigenvalue weighted by Crippen LogP contribution is -2.10. The highest BCUT2D eigenvalue weighted by Gasteiger charge is 2.20. The van der Waals surface area contributed by atoms with Gasteiger partial charge in [0.15, 0.2) is 0 Å². The van der Waals surface area contributed by atoms with Gasteiger partial charge < -0.3 is 9.88 Å². The summed E-state index contributed by atoms with van der Waals surface area (Å²) in [7, 11) is 0. The van der Waals surface area contributed by atoms with E-state index >= 15 is 0 Å². The topological polar surface area (TPSA) is 29.9 Å². The minimum Gasteiger partial charge on any atom is -0.352 e. The fourth-order valence-corrected chi connectivity index (χ4v) is 3.13. The largest absolute Gasteiger partial charge is 0.352 e. The Bertz CT molecular complexity index is 585. The van der Waals surface area contributed by atoms with E-state index in [1.807, 2.05) is 31.2 Å². The van der Waals surface area contributed by atoms with Gasteiger partial charge in [-0.1, -0.05) is 42.6 Å². The summed E-state index contributed by atoms with van der Waals surface area (Å²) < 4.78 is 2.30. The summed E-state index contributed by atoms with van der Waals surface area (Å²) in [5, 5.41) is 4.24. The number of anilines is 1. The van der Waals surface area contributed by atoms with Crippen LogP contribution in [0, 0.1) is 6.92 Å². The molecule has 106 valence electrons. The van der Waals surface area contributed by atoms with E-state index in [4.69, 9.17) is 11.6 Å². The summed E-state index contributed by atoms with van der Waals surface area (Å²) in [5.74, 6) is 0.967. The van der Waals surface area contributed by atoms with Gasteiger partial charge in [0.25, 0.3) is 0 Å². The average molecular weight is 290 g/mol.